The molecule has 0 aliphatic carbocycles. The highest BCUT2D eigenvalue weighted by Gasteiger charge is 2.39. The summed E-state index contributed by atoms with van der Waals surface area (Å²) in [6.07, 6.45) is 1.44. The average Bonchev–Trinajstić information content (AvgIpc) is 2.73. The Kier molecular flexibility index (Phi) is 3.77. The van der Waals surface area contributed by atoms with Gasteiger partial charge >= 0.3 is 5.97 Å². The van der Waals surface area contributed by atoms with Crippen molar-refractivity contribution in [3.63, 3.8) is 0 Å². The van der Waals surface area contributed by atoms with Crippen molar-refractivity contribution in [2.75, 3.05) is 13.1 Å². The van der Waals surface area contributed by atoms with Crippen LogP contribution in [0.15, 0.2) is 0 Å². The van der Waals surface area contributed by atoms with Crippen LogP contribution < -0.4 is 5.32 Å². The second kappa shape index (κ2) is 5.16. The summed E-state index contributed by atoms with van der Waals surface area (Å²) in [4.78, 5) is 36.8. The summed E-state index contributed by atoms with van der Waals surface area (Å²) in [6.45, 7) is 2.62. The SMILES string of the molecule is CC1N[C@@H](CC(=O)O)C(=O)CN2CCC[C@H]2C1=O. The van der Waals surface area contributed by atoms with Gasteiger partial charge in [-0.05, 0) is 26.3 Å². The Hall–Kier alpha value is -1.27. The molecule has 100 valence electrons. The molecule has 0 aromatic rings. The van der Waals surface area contributed by atoms with E-state index in [-0.39, 0.29) is 30.6 Å². The Morgan fingerprint density at radius 1 is 1.50 bits per heavy atom. The molecule has 2 fully saturated rings. The lowest BCUT2D eigenvalue weighted by Crippen LogP contribution is -2.57. The summed E-state index contributed by atoms with van der Waals surface area (Å²) in [5.41, 5.74) is 0. The first-order valence-corrected chi connectivity index (χ1v) is 6.27. The van der Waals surface area contributed by atoms with Crippen molar-refractivity contribution >= 4 is 17.5 Å². The number of Topliss-reactive ketones (excluding diaryl/α,β-unsaturated/α-hetero) is 2. The molecule has 1 unspecified atom stereocenters. The van der Waals surface area contributed by atoms with Crippen LogP contribution in [0.25, 0.3) is 0 Å². The number of aliphatic carboxylic acids is 1. The Labute approximate surface area is 105 Å². The Morgan fingerprint density at radius 3 is 2.89 bits per heavy atom. The third kappa shape index (κ3) is 2.59. The zero-order valence-electron chi connectivity index (χ0n) is 10.4. The lowest BCUT2D eigenvalue weighted by atomic mass is 9.98. The minimum atomic E-state index is -1.03. The van der Waals surface area contributed by atoms with Gasteiger partial charge in [0, 0.05) is 0 Å². The van der Waals surface area contributed by atoms with E-state index in [4.69, 9.17) is 5.11 Å². The number of fused-ring (bicyclic) bond motifs is 1. The third-order valence-corrected chi connectivity index (χ3v) is 3.70. The van der Waals surface area contributed by atoms with E-state index in [0.717, 1.165) is 19.4 Å². The van der Waals surface area contributed by atoms with E-state index >= 15 is 0 Å². The number of carbonyl (C=O) groups is 3. The van der Waals surface area contributed by atoms with Crippen LogP contribution in [0.2, 0.25) is 0 Å². The van der Waals surface area contributed by atoms with Crippen LogP contribution in [0.1, 0.15) is 26.2 Å². The van der Waals surface area contributed by atoms with Gasteiger partial charge in [0.2, 0.25) is 0 Å². The van der Waals surface area contributed by atoms with Gasteiger partial charge in [0.1, 0.15) is 0 Å². The maximum atomic E-state index is 12.2. The first-order valence-electron chi connectivity index (χ1n) is 6.27. The van der Waals surface area contributed by atoms with E-state index in [9.17, 15) is 14.4 Å². The quantitative estimate of drug-likeness (QED) is 0.686. The molecule has 2 N–H and O–H groups in total. The molecule has 2 heterocycles. The molecule has 0 saturated carbocycles. The van der Waals surface area contributed by atoms with Crippen molar-refractivity contribution in [1.82, 2.24) is 10.2 Å². The number of hydrogen-bond donors (Lipinski definition) is 2. The molecular formula is C12H18N2O4. The van der Waals surface area contributed by atoms with Gasteiger partial charge in [-0.1, -0.05) is 0 Å². The van der Waals surface area contributed by atoms with Gasteiger partial charge < -0.3 is 5.11 Å². The molecular weight excluding hydrogens is 236 g/mol. The Balaban J connectivity index is 2.16. The molecule has 0 spiro atoms. The number of hydrogen-bond acceptors (Lipinski definition) is 5. The second-order valence-corrected chi connectivity index (χ2v) is 5.04. The minimum absolute atomic E-state index is 0.0652. The molecule has 0 radical (unpaired) electrons. The van der Waals surface area contributed by atoms with E-state index < -0.39 is 18.1 Å². The fraction of sp³-hybridized carbons (Fsp3) is 0.750. The molecule has 6 nitrogen and oxygen atoms in total. The van der Waals surface area contributed by atoms with Gasteiger partial charge in [-0.3, -0.25) is 24.6 Å². The highest BCUT2D eigenvalue weighted by Crippen LogP contribution is 2.21. The van der Waals surface area contributed by atoms with E-state index in [1.54, 1.807) is 6.92 Å². The monoisotopic (exact) mass is 254 g/mol. The number of carboxylic acids is 1. The van der Waals surface area contributed by atoms with Crippen molar-refractivity contribution in [3.8, 4) is 0 Å². The van der Waals surface area contributed by atoms with Crippen LogP contribution in [0.3, 0.4) is 0 Å². The van der Waals surface area contributed by atoms with E-state index in [0.29, 0.717) is 0 Å². The molecule has 6 heteroatoms. The number of rotatable bonds is 2. The van der Waals surface area contributed by atoms with Crippen molar-refractivity contribution in [1.29, 1.82) is 0 Å². The number of carbonyl (C=O) groups excluding carboxylic acids is 2. The van der Waals surface area contributed by atoms with Gasteiger partial charge in [0.05, 0.1) is 31.1 Å². The molecule has 0 aromatic carbocycles. The van der Waals surface area contributed by atoms with Crippen molar-refractivity contribution < 1.29 is 19.5 Å². The summed E-state index contributed by atoms with van der Waals surface area (Å²) in [5.74, 6) is -1.10. The zero-order valence-corrected chi connectivity index (χ0v) is 10.4. The molecule has 3 atom stereocenters. The summed E-state index contributed by atoms with van der Waals surface area (Å²) < 4.78 is 0. The van der Waals surface area contributed by atoms with Crippen molar-refractivity contribution in [3.05, 3.63) is 0 Å². The predicted octanol–water partition coefficient (Wildman–Crippen LogP) is -0.576. The number of carboxylic acid groups (broad SMARTS) is 1. The smallest absolute Gasteiger partial charge is 0.305 e. The Bertz CT molecular complexity index is 382. The van der Waals surface area contributed by atoms with Crippen molar-refractivity contribution in [2.45, 2.75) is 44.3 Å². The molecule has 2 aliphatic heterocycles. The number of nitrogens with one attached hydrogen (secondary N) is 1. The molecule has 2 rings (SSSR count). The largest absolute Gasteiger partial charge is 0.481 e. The first-order chi connectivity index (χ1) is 8.49. The number of nitrogens with zero attached hydrogens (tertiary/aromatic N) is 1. The molecule has 0 bridgehead atoms. The standard InChI is InChI=1S/C12H18N2O4/c1-7-12(18)9-3-2-4-14(9)6-10(15)8(13-7)5-11(16)17/h7-9,13H,2-6H2,1H3,(H,16,17)/t7?,8-,9-/m0/s1. The van der Waals surface area contributed by atoms with Crippen LogP contribution in [0, 0.1) is 0 Å². The summed E-state index contributed by atoms with van der Waals surface area (Å²) in [7, 11) is 0. The van der Waals surface area contributed by atoms with Crippen molar-refractivity contribution in [2.24, 2.45) is 0 Å². The second-order valence-electron chi connectivity index (χ2n) is 5.04. The predicted molar refractivity (Wildman–Crippen MR) is 63.2 cm³/mol. The zero-order chi connectivity index (χ0) is 13.3. The van der Waals surface area contributed by atoms with Gasteiger partial charge in [-0.25, -0.2) is 0 Å². The maximum absolute atomic E-state index is 12.2. The van der Waals surface area contributed by atoms with Gasteiger partial charge in [0.25, 0.3) is 0 Å². The maximum Gasteiger partial charge on any atom is 0.305 e. The lowest BCUT2D eigenvalue weighted by Gasteiger charge is -2.32. The highest BCUT2D eigenvalue weighted by molar-refractivity contribution is 5.94. The fourth-order valence-electron chi connectivity index (χ4n) is 2.76. The highest BCUT2D eigenvalue weighted by atomic mass is 16.4. The fourth-order valence-corrected chi connectivity index (χ4v) is 2.76. The molecule has 2 saturated heterocycles. The number of ketones is 2. The Morgan fingerprint density at radius 2 is 2.22 bits per heavy atom. The first kappa shape index (κ1) is 13.2. The molecule has 2 aliphatic rings. The normalized spacial score (nSPS) is 33.9. The average molecular weight is 254 g/mol. The van der Waals surface area contributed by atoms with Crippen LogP contribution in [-0.4, -0.2) is 58.8 Å². The van der Waals surface area contributed by atoms with Crippen LogP contribution in [-0.2, 0) is 14.4 Å². The van der Waals surface area contributed by atoms with Gasteiger partial charge in [-0.2, -0.15) is 0 Å². The molecule has 0 aromatic heterocycles. The van der Waals surface area contributed by atoms with Crippen LogP contribution in [0.4, 0.5) is 0 Å². The van der Waals surface area contributed by atoms with Gasteiger partial charge in [-0.15, -0.1) is 0 Å². The van der Waals surface area contributed by atoms with E-state index in [2.05, 4.69) is 5.32 Å². The third-order valence-electron chi connectivity index (χ3n) is 3.70. The lowest BCUT2D eigenvalue weighted by molar-refractivity contribution is -0.141. The van der Waals surface area contributed by atoms with E-state index in [1.165, 1.54) is 0 Å². The summed E-state index contributed by atoms with van der Waals surface area (Å²) in [6, 6.07) is -1.41. The minimum Gasteiger partial charge on any atom is -0.481 e. The van der Waals surface area contributed by atoms with Crippen LogP contribution in [0.5, 0.6) is 0 Å². The van der Waals surface area contributed by atoms with E-state index in [1.807, 2.05) is 4.90 Å². The summed E-state index contributed by atoms with van der Waals surface area (Å²) in [5, 5.41) is 11.7. The van der Waals surface area contributed by atoms with Gasteiger partial charge in [0.15, 0.2) is 11.6 Å². The topological polar surface area (TPSA) is 86.7 Å². The van der Waals surface area contributed by atoms with Crippen LogP contribution >= 0.6 is 0 Å². The molecule has 18 heavy (non-hydrogen) atoms. The summed E-state index contributed by atoms with van der Waals surface area (Å²) >= 11 is 0. The molecule has 0 amide bonds.